The fraction of sp³-hybridized carbons (Fsp3) is 0.385. The minimum Gasteiger partial charge on any atom is -0.302 e. The number of amides is 1. The number of Topliss-reactive ketones (excluding diaryl/α,β-unsaturated/α-hetero) is 1. The fourth-order valence-electron chi connectivity index (χ4n) is 2.10. The third-order valence-electron chi connectivity index (χ3n) is 2.93. The Kier molecular flexibility index (Phi) is 3.66. The first-order valence-corrected chi connectivity index (χ1v) is 6.32. The summed E-state index contributed by atoms with van der Waals surface area (Å²) in [7, 11) is 0. The van der Waals surface area contributed by atoms with Gasteiger partial charge in [0.05, 0.1) is 11.3 Å². The first kappa shape index (κ1) is 13.0. The average molecular weight is 270 g/mol. The van der Waals surface area contributed by atoms with E-state index in [0.717, 1.165) is 6.42 Å². The molecule has 0 bridgehead atoms. The number of carbonyl (C=O) groups is 2. The van der Waals surface area contributed by atoms with E-state index in [2.05, 4.69) is 0 Å². The van der Waals surface area contributed by atoms with Crippen LogP contribution >= 0.6 is 11.6 Å². The third kappa shape index (κ3) is 2.12. The molecule has 1 aliphatic rings. The number of unbranched alkanes of at least 4 members (excludes halogenated alkanes) is 1. The number of benzene rings is 1. The van der Waals surface area contributed by atoms with Gasteiger partial charge < -0.3 is 4.90 Å². The van der Waals surface area contributed by atoms with E-state index in [0.29, 0.717) is 24.4 Å². The Hall–Kier alpha value is -1.42. The van der Waals surface area contributed by atoms with Gasteiger partial charge in [0.15, 0.2) is 0 Å². The number of hydrogen-bond donors (Lipinski definition) is 0. The largest absolute Gasteiger partial charge is 0.302 e. The summed E-state index contributed by atoms with van der Waals surface area (Å²) >= 11 is 5.56. The first-order valence-electron chi connectivity index (χ1n) is 5.78. The number of hydrogen-bond acceptors (Lipinski definition) is 2. The predicted molar refractivity (Wildman–Crippen MR) is 67.8 cm³/mol. The number of rotatable bonds is 4. The second-order valence-corrected chi connectivity index (χ2v) is 4.70. The summed E-state index contributed by atoms with van der Waals surface area (Å²) in [5, 5.41) is 0. The number of ketones is 1. The second-order valence-electron chi connectivity index (χ2n) is 4.32. The Morgan fingerprint density at radius 1 is 1.28 bits per heavy atom. The van der Waals surface area contributed by atoms with Crippen molar-refractivity contribution < 1.29 is 14.0 Å². The monoisotopic (exact) mass is 269 g/mol. The van der Waals surface area contributed by atoms with Gasteiger partial charge in [-0.25, -0.2) is 4.39 Å². The number of alkyl halides is 1. The van der Waals surface area contributed by atoms with Crippen molar-refractivity contribution in [1.29, 1.82) is 0 Å². The third-order valence-corrected chi connectivity index (χ3v) is 3.19. The molecular formula is C13H13ClFNO2. The minimum absolute atomic E-state index is 0.116. The van der Waals surface area contributed by atoms with Crippen LogP contribution in [-0.2, 0) is 4.79 Å². The highest BCUT2D eigenvalue weighted by Crippen LogP contribution is 2.32. The summed E-state index contributed by atoms with van der Waals surface area (Å²) in [6.07, 6.45) is 1.37. The van der Waals surface area contributed by atoms with E-state index in [1.54, 1.807) is 13.0 Å². The Balaban J connectivity index is 2.36. The van der Waals surface area contributed by atoms with Crippen molar-refractivity contribution in [2.75, 3.05) is 17.3 Å². The maximum atomic E-state index is 13.9. The summed E-state index contributed by atoms with van der Waals surface area (Å²) in [6.45, 7) is 2.02. The molecule has 1 aromatic rings. The van der Waals surface area contributed by atoms with Crippen molar-refractivity contribution in [3.63, 3.8) is 0 Å². The van der Waals surface area contributed by atoms with E-state index in [1.165, 1.54) is 11.0 Å². The fourth-order valence-corrected chi connectivity index (χ4v) is 2.29. The van der Waals surface area contributed by atoms with Crippen LogP contribution in [0.1, 0.15) is 28.8 Å². The summed E-state index contributed by atoms with van der Waals surface area (Å²) < 4.78 is 13.9. The molecule has 2 rings (SSSR count). The van der Waals surface area contributed by atoms with E-state index >= 15 is 0 Å². The molecule has 0 aliphatic carbocycles. The molecule has 0 radical (unpaired) electrons. The van der Waals surface area contributed by atoms with Crippen molar-refractivity contribution in [3.05, 3.63) is 29.1 Å². The van der Waals surface area contributed by atoms with Gasteiger partial charge in [-0.2, -0.15) is 0 Å². The lowest BCUT2D eigenvalue weighted by Gasteiger charge is -2.16. The molecule has 0 saturated carbocycles. The van der Waals surface area contributed by atoms with Gasteiger partial charge in [0.2, 0.25) is 0 Å². The molecule has 1 heterocycles. The van der Waals surface area contributed by atoms with Crippen LogP contribution in [0, 0.1) is 12.7 Å². The van der Waals surface area contributed by atoms with Crippen molar-refractivity contribution in [2.45, 2.75) is 19.8 Å². The molecule has 0 atom stereocenters. The molecule has 0 saturated heterocycles. The SMILES string of the molecule is Cc1cc(F)c2c(c1)C(=O)C(=O)N2CCCCCl. The zero-order valence-corrected chi connectivity index (χ0v) is 10.8. The topological polar surface area (TPSA) is 37.4 Å². The van der Waals surface area contributed by atoms with Crippen LogP contribution < -0.4 is 4.90 Å². The number of carbonyl (C=O) groups excluding carboxylic acids is 2. The molecule has 0 unspecified atom stereocenters. The number of aryl methyl sites for hydroxylation is 1. The Labute approximate surface area is 110 Å². The second kappa shape index (κ2) is 5.06. The van der Waals surface area contributed by atoms with Crippen LogP contribution in [0.25, 0.3) is 0 Å². The molecule has 0 fully saturated rings. The molecular weight excluding hydrogens is 257 g/mol. The molecule has 18 heavy (non-hydrogen) atoms. The summed E-state index contributed by atoms with van der Waals surface area (Å²) in [5.74, 6) is -1.31. The van der Waals surface area contributed by atoms with E-state index in [1.807, 2.05) is 0 Å². The van der Waals surface area contributed by atoms with Crippen LogP contribution in [0.2, 0.25) is 0 Å². The van der Waals surface area contributed by atoms with Gasteiger partial charge in [0.1, 0.15) is 5.82 Å². The number of anilines is 1. The van der Waals surface area contributed by atoms with Crippen LogP contribution in [0.3, 0.4) is 0 Å². The standard InChI is InChI=1S/C13H13ClFNO2/c1-8-6-9-11(10(15)7-8)16(5-3-2-4-14)13(18)12(9)17/h6-7H,2-5H2,1H3. The number of fused-ring (bicyclic) bond motifs is 1. The van der Waals surface area contributed by atoms with Crippen molar-refractivity contribution in [3.8, 4) is 0 Å². The van der Waals surface area contributed by atoms with Gasteiger partial charge in [-0.05, 0) is 37.5 Å². The molecule has 3 nitrogen and oxygen atoms in total. The molecule has 0 N–H and O–H groups in total. The van der Waals surface area contributed by atoms with E-state index < -0.39 is 17.5 Å². The van der Waals surface area contributed by atoms with Crippen LogP contribution in [0.15, 0.2) is 12.1 Å². The first-order chi connectivity index (χ1) is 8.56. The molecule has 0 spiro atoms. The van der Waals surface area contributed by atoms with Gasteiger partial charge in [-0.15, -0.1) is 11.6 Å². The Morgan fingerprint density at radius 2 is 2.00 bits per heavy atom. The summed E-state index contributed by atoms with van der Waals surface area (Å²) in [6, 6.07) is 2.89. The molecule has 5 heteroatoms. The average Bonchev–Trinajstić information content (AvgIpc) is 2.55. The lowest BCUT2D eigenvalue weighted by Crippen LogP contribution is -2.31. The lowest BCUT2D eigenvalue weighted by atomic mass is 10.1. The molecule has 0 aromatic heterocycles. The lowest BCUT2D eigenvalue weighted by molar-refractivity contribution is -0.114. The van der Waals surface area contributed by atoms with E-state index in [9.17, 15) is 14.0 Å². The zero-order chi connectivity index (χ0) is 13.3. The van der Waals surface area contributed by atoms with Crippen molar-refractivity contribution in [2.24, 2.45) is 0 Å². The van der Waals surface area contributed by atoms with Crippen molar-refractivity contribution in [1.82, 2.24) is 0 Å². The van der Waals surface area contributed by atoms with Gasteiger partial charge in [-0.3, -0.25) is 9.59 Å². The van der Waals surface area contributed by atoms with Gasteiger partial charge >= 0.3 is 0 Å². The molecule has 1 amide bonds. The van der Waals surface area contributed by atoms with Crippen LogP contribution in [-0.4, -0.2) is 24.1 Å². The quantitative estimate of drug-likeness (QED) is 0.479. The highest BCUT2D eigenvalue weighted by atomic mass is 35.5. The van der Waals surface area contributed by atoms with Gasteiger partial charge in [-0.1, -0.05) is 0 Å². The van der Waals surface area contributed by atoms with Crippen molar-refractivity contribution >= 4 is 29.0 Å². The normalized spacial score (nSPS) is 14.3. The number of halogens is 2. The minimum atomic E-state index is -0.649. The van der Waals surface area contributed by atoms with E-state index in [-0.39, 0.29) is 11.3 Å². The highest BCUT2D eigenvalue weighted by molar-refractivity contribution is 6.52. The maximum Gasteiger partial charge on any atom is 0.299 e. The molecule has 1 aromatic carbocycles. The highest BCUT2D eigenvalue weighted by Gasteiger charge is 2.37. The Morgan fingerprint density at radius 3 is 2.67 bits per heavy atom. The molecule has 96 valence electrons. The van der Waals surface area contributed by atoms with E-state index in [4.69, 9.17) is 11.6 Å². The molecule has 1 aliphatic heterocycles. The predicted octanol–water partition coefficient (Wildman–Crippen LogP) is 2.68. The maximum absolute atomic E-state index is 13.9. The van der Waals surface area contributed by atoms with Gasteiger partial charge in [0.25, 0.3) is 11.7 Å². The summed E-state index contributed by atoms with van der Waals surface area (Å²) in [4.78, 5) is 24.8. The number of nitrogens with zero attached hydrogens (tertiary/aromatic N) is 1. The smallest absolute Gasteiger partial charge is 0.299 e. The van der Waals surface area contributed by atoms with Gasteiger partial charge in [0, 0.05) is 12.4 Å². The summed E-state index contributed by atoms with van der Waals surface area (Å²) in [5.41, 5.74) is 0.920. The van der Waals surface area contributed by atoms with Crippen LogP contribution in [0.5, 0.6) is 0 Å². The Bertz CT molecular complexity index is 516. The zero-order valence-electron chi connectivity index (χ0n) is 10.0. The van der Waals surface area contributed by atoms with Crippen LogP contribution in [0.4, 0.5) is 10.1 Å².